The zero-order chi connectivity index (χ0) is 13.9. The third kappa shape index (κ3) is 2.29. The summed E-state index contributed by atoms with van der Waals surface area (Å²) in [4.78, 5) is 22.6. The molecule has 3 rings (SSSR count). The van der Waals surface area contributed by atoms with Crippen LogP contribution in [0.4, 0.5) is 0 Å². The van der Waals surface area contributed by atoms with E-state index in [4.69, 9.17) is 0 Å². The molecular weight excluding hydrogens is 254 g/mol. The van der Waals surface area contributed by atoms with E-state index in [0.29, 0.717) is 0 Å². The molecule has 1 saturated heterocycles. The van der Waals surface area contributed by atoms with Gasteiger partial charge in [-0.25, -0.2) is 4.98 Å². The third-order valence-corrected chi connectivity index (χ3v) is 3.66. The fraction of sp³-hybridized carbons (Fsp3) is 0.429. The third-order valence-electron chi connectivity index (χ3n) is 3.66. The van der Waals surface area contributed by atoms with Gasteiger partial charge in [0, 0.05) is 25.4 Å². The van der Waals surface area contributed by atoms with E-state index in [2.05, 4.69) is 20.2 Å². The van der Waals surface area contributed by atoms with Crippen molar-refractivity contribution in [1.29, 1.82) is 0 Å². The van der Waals surface area contributed by atoms with Gasteiger partial charge in [-0.15, -0.1) is 5.10 Å². The molecule has 6 heteroatoms. The van der Waals surface area contributed by atoms with Crippen LogP contribution in [0.5, 0.6) is 0 Å². The quantitative estimate of drug-likeness (QED) is 0.922. The van der Waals surface area contributed by atoms with E-state index >= 15 is 0 Å². The van der Waals surface area contributed by atoms with Gasteiger partial charge in [0.25, 0.3) is 5.91 Å². The summed E-state index contributed by atoms with van der Waals surface area (Å²) in [5.74, 6) is 0.913. The SMILES string of the molecule is CCc1nc(C(=O)N2CCCC2c2ccncc2)n[nH]1. The molecule has 2 aromatic heterocycles. The van der Waals surface area contributed by atoms with Crippen LogP contribution in [0.2, 0.25) is 0 Å². The molecule has 1 unspecified atom stereocenters. The van der Waals surface area contributed by atoms with E-state index in [1.54, 1.807) is 12.4 Å². The lowest BCUT2D eigenvalue weighted by Gasteiger charge is -2.23. The van der Waals surface area contributed by atoms with Gasteiger partial charge >= 0.3 is 0 Å². The Morgan fingerprint density at radius 1 is 1.45 bits per heavy atom. The summed E-state index contributed by atoms with van der Waals surface area (Å²) < 4.78 is 0. The van der Waals surface area contributed by atoms with Crippen molar-refractivity contribution >= 4 is 5.91 Å². The van der Waals surface area contributed by atoms with Gasteiger partial charge in [0.1, 0.15) is 5.82 Å². The van der Waals surface area contributed by atoms with Crippen molar-refractivity contribution in [1.82, 2.24) is 25.1 Å². The molecule has 0 aliphatic carbocycles. The zero-order valence-electron chi connectivity index (χ0n) is 11.4. The Morgan fingerprint density at radius 2 is 2.25 bits per heavy atom. The highest BCUT2D eigenvalue weighted by molar-refractivity contribution is 5.90. The van der Waals surface area contributed by atoms with Crippen LogP contribution in [0, 0.1) is 0 Å². The van der Waals surface area contributed by atoms with E-state index < -0.39 is 0 Å². The van der Waals surface area contributed by atoms with Crippen molar-refractivity contribution in [2.45, 2.75) is 32.2 Å². The lowest BCUT2D eigenvalue weighted by molar-refractivity contribution is 0.0723. The Hall–Kier alpha value is -2.24. The van der Waals surface area contributed by atoms with Gasteiger partial charge in [0.2, 0.25) is 5.82 Å². The first-order valence-electron chi connectivity index (χ1n) is 6.91. The van der Waals surface area contributed by atoms with Crippen LogP contribution < -0.4 is 0 Å². The molecule has 1 aliphatic heterocycles. The predicted molar refractivity (Wildman–Crippen MR) is 73.0 cm³/mol. The van der Waals surface area contributed by atoms with Crippen LogP contribution in [0.25, 0.3) is 0 Å². The minimum atomic E-state index is -0.0970. The highest BCUT2D eigenvalue weighted by Crippen LogP contribution is 2.32. The molecule has 0 saturated carbocycles. The Balaban J connectivity index is 1.83. The van der Waals surface area contributed by atoms with Crippen molar-refractivity contribution < 1.29 is 4.79 Å². The molecule has 6 nitrogen and oxygen atoms in total. The first-order chi connectivity index (χ1) is 9.79. The molecule has 3 heterocycles. The predicted octanol–water partition coefficient (Wildman–Crippen LogP) is 1.74. The van der Waals surface area contributed by atoms with Crippen LogP contribution >= 0.6 is 0 Å². The van der Waals surface area contributed by atoms with Gasteiger partial charge in [-0.1, -0.05) is 6.92 Å². The Labute approximate surface area is 117 Å². The summed E-state index contributed by atoms with van der Waals surface area (Å²) in [6, 6.07) is 4.03. The molecule has 1 amide bonds. The molecule has 2 aromatic rings. The highest BCUT2D eigenvalue weighted by Gasteiger charge is 2.32. The normalized spacial score (nSPS) is 18.4. The average Bonchev–Trinajstić information content (AvgIpc) is 3.16. The molecule has 20 heavy (non-hydrogen) atoms. The molecule has 104 valence electrons. The van der Waals surface area contributed by atoms with E-state index in [9.17, 15) is 4.79 Å². The molecule has 1 fully saturated rings. The molecule has 0 spiro atoms. The summed E-state index contributed by atoms with van der Waals surface area (Å²) in [6.45, 7) is 2.73. The minimum absolute atomic E-state index is 0.0970. The smallest absolute Gasteiger partial charge is 0.294 e. The Morgan fingerprint density at radius 3 is 2.95 bits per heavy atom. The van der Waals surface area contributed by atoms with E-state index in [0.717, 1.165) is 37.2 Å². The number of nitrogens with zero attached hydrogens (tertiary/aromatic N) is 4. The van der Waals surface area contributed by atoms with Gasteiger partial charge in [-0.3, -0.25) is 14.9 Å². The van der Waals surface area contributed by atoms with Crippen LogP contribution in [-0.2, 0) is 6.42 Å². The average molecular weight is 271 g/mol. The number of H-pyrrole nitrogens is 1. The summed E-state index contributed by atoms with van der Waals surface area (Å²) in [5, 5.41) is 6.82. The number of hydrogen-bond donors (Lipinski definition) is 1. The number of aryl methyl sites for hydroxylation is 1. The van der Waals surface area contributed by atoms with Gasteiger partial charge in [0.15, 0.2) is 0 Å². The minimum Gasteiger partial charge on any atom is -0.329 e. The van der Waals surface area contributed by atoms with Gasteiger partial charge in [-0.05, 0) is 30.5 Å². The second-order valence-corrected chi connectivity index (χ2v) is 4.90. The summed E-state index contributed by atoms with van der Waals surface area (Å²) in [5.41, 5.74) is 1.12. The van der Waals surface area contributed by atoms with Gasteiger partial charge in [-0.2, -0.15) is 0 Å². The first-order valence-corrected chi connectivity index (χ1v) is 6.91. The summed E-state index contributed by atoms with van der Waals surface area (Å²) in [7, 11) is 0. The maximum atomic E-state index is 12.5. The zero-order valence-corrected chi connectivity index (χ0v) is 11.4. The summed E-state index contributed by atoms with van der Waals surface area (Å²) in [6.07, 6.45) is 6.25. The number of nitrogens with one attached hydrogen (secondary N) is 1. The molecule has 0 radical (unpaired) electrons. The van der Waals surface area contributed by atoms with E-state index in [1.165, 1.54) is 0 Å². The number of carbonyl (C=O) groups is 1. The number of hydrogen-bond acceptors (Lipinski definition) is 4. The number of rotatable bonds is 3. The molecule has 1 N–H and O–H groups in total. The van der Waals surface area contributed by atoms with E-state index in [-0.39, 0.29) is 17.8 Å². The fourth-order valence-electron chi connectivity index (χ4n) is 2.62. The maximum absolute atomic E-state index is 12.5. The standard InChI is InChI=1S/C14H17N5O/c1-2-12-16-13(18-17-12)14(20)19-9-3-4-11(19)10-5-7-15-8-6-10/h5-8,11H,2-4,9H2,1H3,(H,16,17,18). The topological polar surface area (TPSA) is 74.8 Å². The second-order valence-electron chi connectivity index (χ2n) is 4.90. The largest absolute Gasteiger partial charge is 0.329 e. The number of aromatic nitrogens is 4. The lowest BCUT2D eigenvalue weighted by atomic mass is 10.1. The number of amides is 1. The highest BCUT2D eigenvalue weighted by atomic mass is 16.2. The molecule has 0 aromatic carbocycles. The number of aromatic amines is 1. The molecule has 1 aliphatic rings. The van der Waals surface area contributed by atoms with Gasteiger partial charge in [0.05, 0.1) is 6.04 Å². The van der Waals surface area contributed by atoms with Gasteiger partial charge < -0.3 is 4.90 Å². The van der Waals surface area contributed by atoms with Crippen LogP contribution in [-0.4, -0.2) is 37.5 Å². The molecule has 0 bridgehead atoms. The van der Waals surface area contributed by atoms with Crippen molar-refractivity contribution in [2.75, 3.05) is 6.54 Å². The summed E-state index contributed by atoms with van der Waals surface area (Å²) >= 11 is 0. The van der Waals surface area contributed by atoms with Crippen molar-refractivity contribution in [3.63, 3.8) is 0 Å². The number of pyridine rings is 1. The number of likely N-dealkylation sites (tertiary alicyclic amines) is 1. The second kappa shape index (κ2) is 5.40. The first kappa shape index (κ1) is 12.8. The number of carbonyl (C=O) groups excluding carboxylic acids is 1. The molecule has 1 atom stereocenters. The van der Waals surface area contributed by atoms with E-state index in [1.807, 2.05) is 24.0 Å². The maximum Gasteiger partial charge on any atom is 0.294 e. The molecular formula is C14H17N5O. The lowest BCUT2D eigenvalue weighted by Crippen LogP contribution is -2.31. The van der Waals surface area contributed by atoms with Crippen molar-refractivity contribution in [3.8, 4) is 0 Å². The van der Waals surface area contributed by atoms with Crippen LogP contribution in [0.15, 0.2) is 24.5 Å². The monoisotopic (exact) mass is 271 g/mol. The Kier molecular flexibility index (Phi) is 3.45. The van der Waals surface area contributed by atoms with Crippen LogP contribution in [0.3, 0.4) is 0 Å². The van der Waals surface area contributed by atoms with Crippen molar-refractivity contribution in [2.24, 2.45) is 0 Å². The van der Waals surface area contributed by atoms with Crippen molar-refractivity contribution in [3.05, 3.63) is 41.7 Å². The van der Waals surface area contributed by atoms with Crippen LogP contribution in [0.1, 0.15) is 47.8 Å². The Bertz CT molecular complexity index is 595. The fourth-order valence-corrected chi connectivity index (χ4v) is 2.62.